The Labute approximate surface area is 162 Å². The van der Waals surface area contributed by atoms with Crippen molar-refractivity contribution in [3.05, 3.63) is 59.4 Å². The molecule has 0 saturated carbocycles. The highest BCUT2D eigenvalue weighted by molar-refractivity contribution is 6.30. The molecule has 140 valence electrons. The highest BCUT2D eigenvalue weighted by Gasteiger charge is 2.27. The summed E-state index contributed by atoms with van der Waals surface area (Å²) in [6.07, 6.45) is 1.60. The molecular weight excluding hydrogens is 364 g/mol. The van der Waals surface area contributed by atoms with Gasteiger partial charge in [-0.05, 0) is 43.3 Å². The summed E-state index contributed by atoms with van der Waals surface area (Å²) in [7, 11) is 0. The number of aromatic nitrogens is 2. The fourth-order valence-electron chi connectivity index (χ4n) is 3.40. The molecule has 6 nitrogen and oxygen atoms in total. The molecule has 1 aromatic carbocycles. The van der Waals surface area contributed by atoms with E-state index in [1.165, 1.54) is 4.90 Å². The minimum Gasteiger partial charge on any atom is -0.463 e. The molecule has 3 heterocycles. The van der Waals surface area contributed by atoms with Crippen LogP contribution in [0.15, 0.2) is 53.1 Å². The summed E-state index contributed by atoms with van der Waals surface area (Å²) in [5, 5.41) is 5.27. The lowest BCUT2D eigenvalue weighted by Crippen LogP contribution is -3.14. The largest absolute Gasteiger partial charge is 0.463 e. The van der Waals surface area contributed by atoms with E-state index in [2.05, 4.69) is 12.0 Å². The topological polar surface area (TPSA) is 55.7 Å². The van der Waals surface area contributed by atoms with E-state index >= 15 is 0 Å². The van der Waals surface area contributed by atoms with Crippen molar-refractivity contribution in [2.24, 2.45) is 0 Å². The van der Waals surface area contributed by atoms with E-state index in [4.69, 9.17) is 16.0 Å². The van der Waals surface area contributed by atoms with Gasteiger partial charge in [-0.25, -0.2) is 4.68 Å². The Bertz CT molecular complexity index is 910. The first-order valence-corrected chi connectivity index (χ1v) is 9.56. The summed E-state index contributed by atoms with van der Waals surface area (Å²) in [5.74, 6) is 0.627. The Kier molecular flexibility index (Phi) is 5.01. The maximum atomic E-state index is 13.2. The predicted octanol–water partition coefficient (Wildman–Crippen LogP) is 2.15. The number of amides is 1. The maximum absolute atomic E-state index is 13.2. The number of piperazine rings is 1. The third kappa shape index (κ3) is 3.63. The molecule has 0 aliphatic carbocycles. The molecule has 1 aliphatic heterocycles. The first kappa shape index (κ1) is 17.8. The van der Waals surface area contributed by atoms with Gasteiger partial charge in [-0.3, -0.25) is 4.79 Å². The van der Waals surface area contributed by atoms with Gasteiger partial charge in [0.05, 0.1) is 44.7 Å². The summed E-state index contributed by atoms with van der Waals surface area (Å²) < 4.78 is 7.15. The standard InChI is InChI=1S/C20H21ClN4O2/c1-2-23-9-11-24(12-10-23)20(26)18-14-17(19-4-3-13-27-19)22-25(18)16-7-5-15(21)6-8-16/h3-8,13-14H,2,9-12H2,1H3/p+1. The quantitative estimate of drug-likeness (QED) is 0.748. The van der Waals surface area contributed by atoms with Gasteiger partial charge in [-0.1, -0.05) is 11.6 Å². The number of furan rings is 1. The average Bonchev–Trinajstić information content (AvgIpc) is 3.38. The van der Waals surface area contributed by atoms with Crippen LogP contribution >= 0.6 is 11.6 Å². The lowest BCUT2D eigenvalue weighted by molar-refractivity contribution is -0.902. The Morgan fingerprint density at radius 2 is 1.96 bits per heavy atom. The van der Waals surface area contributed by atoms with Gasteiger partial charge in [-0.15, -0.1) is 0 Å². The molecule has 0 atom stereocenters. The van der Waals surface area contributed by atoms with Gasteiger partial charge in [0.1, 0.15) is 11.4 Å². The van der Waals surface area contributed by atoms with Crippen LogP contribution in [0.2, 0.25) is 5.02 Å². The number of benzene rings is 1. The second-order valence-corrected chi connectivity index (χ2v) is 7.11. The molecule has 1 aliphatic rings. The molecule has 7 heteroatoms. The Morgan fingerprint density at radius 1 is 1.22 bits per heavy atom. The average molecular weight is 386 g/mol. The summed E-state index contributed by atoms with van der Waals surface area (Å²) in [5.41, 5.74) is 1.96. The number of nitrogens with one attached hydrogen (secondary N) is 1. The fourth-order valence-corrected chi connectivity index (χ4v) is 3.52. The van der Waals surface area contributed by atoms with Crippen molar-refractivity contribution < 1.29 is 14.1 Å². The predicted molar refractivity (Wildman–Crippen MR) is 103 cm³/mol. The zero-order chi connectivity index (χ0) is 18.8. The molecule has 1 saturated heterocycles. The van der Waals surface area contributed by atoms with E-state index in [0.29, 0.717) is 22.2 Å². The van der Waals surface area contributed by atoms with E-state index in [1.807, 2.05) is 29.2 Å². The second kappa shape index (κ2) is 7.58. The SMILES string of the molecule is CC[NH+]1CCN(C(=O)c2cc(-c3ccco3)nn2-c2ccc(Cl)cc2)CC1. The molecule has 27 heavy (non-hydrogen) atoms. The van der Waals surface area contributed by atoms with Crippen LogP contribution in [0, 0.1) is 0 Å². The van der Waals surface area contributed by atoms with E-state index < -0.39 is 0 Å². The van der Waals surface area contributed by atoms with Crippen LogP contribution < -0.4 is 4.90 Å². The number of carbonyl (C=O) groups excluding carboxylic acids is 1. The molecule has 0 radical (unpaired) electrons. The zero-order valence-electron chi connectivity index (χ0n) is 15.2. The van der Waals surface area contributed by atoms with Gasteiger partial charge in [-0.2, -0.15) is 5.10 Å². The van der Waals surface area contributed by atoms with Crippen LogP contribution in [-0.2, 0) is 0 Å². The molecule has 2 aromatic heterocycles. The van der Waals surface area contributed by atoms with Crippen LogP contribution in [0.3, 0.4) is 0 Å². The van der Waals surface area contributed by atoms with Gasteiger partial charge < -0.3 is 14.2 Å². The molecule has 1 N–H and O–H groups in total. The van der Waals surface area contributed by atoms with Crippen molar-refractivity contribution in [2.75, 3.05) is 32.7 Å². The van der Waals surface area contributed by atoms with Gasteiger partial charge >= 0.3 is 0 Å². The van der Waals surface area contributed by atoms with Crippen LogP contribution in [0.25, 0.3) is 17.1 Å². The number of quaternary nitrogens is 1. The molecule has 1 amide bonds. The molecule has 0 bridgehead atoms. The zero-order valence-corrected chi connectivity index (χ0v) is 15.9. The first-order chi connectivity index (χ1) is 13.2. The van der Waals surface area contributed by atoms with Crippen LogP contribution in [0.5, 0.6) is 0 Å². The normalized spacial score (nSPS) is 15.3. The minimum atomic E-state index is -0.00888. The van der Waals surface area contributed by atoms with Crippen LogP contribution in [-0.4, -0.2) is 53.3 Å². The summed E-state index contributed by atoms with van der Waals surface area (Å²) in [6.45, 7) is 6.73. The van der Waals surface area contributed by atoms with E-state index in [9.17, 15) is 4.79 Å². The first-order valence-electron chi connectivity index (χ1n) is 9.18. The van der Waals surface area contributed by atoms with Crippen molar-refractivity contribution in [2.45, 2.75) is 6.92 Å². The Hall–Kier alpha value is -2.57. The van der Waals surface area contributed by atoms with E-state index in [1.54, 1.807) is 29.1 Å². The van der Waals surface area contributed by atoms with Gasteiger partial charge in [0.2, 0.25) is 0 Å². The summed E-state index contributed by atoms with van der Waals surface area (Å²) in [4.78, 5) is 16.7. The van der Waals surface area contributed by atoms with E-state index in [-0.39, 0.29) is 5.91 Å². The van der Waals surface area contributed by atoms with Crippen molar-refractivity contribution in [3.8, 4) is 17.1 Å². The number of likely N-dealkylation sites (N-methyl/N-ethyl adjacent to an activating group) is 1. The Balaban J connectivity index is 1.70. The number of rotatable bonds is 4. The van der Waals surface area contributed by atoms with Crippen molar-refractivity contribution in [1.82, 2.24) is 14.7 Å². The fraction of sp³-hybridized carbons (Fsp3) is 0.300. The number of hydrogen-bond acceptors (Lipinski definition) is 3. The minimum absolute atomic E-state index is 0.00888. The molecule has 0 spiro atoms. The summed E-state index contributed by atoms with van der Waals surface area (Å²) >= 11 is 6.01. The number of hydrogen-bond donors (Lipinski definition) is 1. The molecule has 1 fully saturated rings. The molecular formula is C20H22ClN4O2+. The highest BCUT2D eigenvalue weighted by atomic mass is 35.5. The summed E-state index contributed by atoms with van der Waals surface area (Å²) in [6, 6.07) is 12.8. The molecule has 3 aromatic rings. The monoisotopic (exact) mass is 385 g/mol. The van der Waals surface area contributed by atoms with Crippen molar-refractivity contribution in [1.29, 1.82) is 0 Å². The van der Waals surface area contributed by atoms with Crippen molar-refractivity contribution >= 4 is 17.5 Å². The van der Waals surface area contributed by atoms with Gasteiger partial charge in [0.25, 0.3) is 5.91 Å². The molecule has 0 unspecified atom stereocenters. The van der Waals surface area contributed by atoms with Crippen LogP contribution in [0.4, 0.5) is 0 Å². The lowest BCUT2D eigenvalue weighted by atomic mass is 10.2. The van der Waals surface area contributed by atoms with E-state index in [0.717, 1.165) is 38.4 Å². The lowest BCUT2D eigenvalue weighted by Gasteiger charge is -2.31. The second-order valence-electron chi connectivity index (χ2n) is 6.68. The number of carbonyl (C=O) groups is 1. The highest BCUT2D eigenvalue weighted by Crippen LogP contribution is 2.24. The van der Waals surface area contributed by atoms with Crippen LogP contribution in [0.1, 0.15) is 17.4 Å². The maximum Gasteiger partial charge on any atom is 0.273 e. The van der Waals surface area contributed by atoms with Crippen molar-refractivity contribution in [3.63, 3.8) is 0 Å². The Morgan fingerprint density at radius 3 is 2.59 bits per heavy atom. The number of halogens is 1. The smallest absolute Gasteiger partial charge is 0.273 e. The molecule has 4 rings (SSSR count). The third-order valence-corrected chi connectivity index (χ3v) is 5.28. The van der Waals surface area contributed by atoms with Gasteiger partial charge in [0.15, 0.2) is 5.76 Å². The number of nitrogens with zero attached hydrogens (tertiary/aromatic N) is 3. The van der Waals surface area contributed by atoms with Gasteiger partial charge in [0, 0.05) is 11.1 Å². The third-order valence-electron chi connectivity index (χ3n) is 5.03.